The minimum absolute atomic E-state index is 0.0973. The van der Waals surface area contributed by atoms with Crippen molar-refractivity contribution < 1.29 is 19.0 Å². The maximum absolute atomic E-state index is 12.6. The highest BCUT2D eigenvalue weighted by molar-refractivity contribution is 9.10. The number of morpholine rings is 1. The molecule has 1 aliphatic rings. The third-order valence-electron chi connectivity index (χ3n) is 4.75. The van der Waals surface area contributed by atoms with Crippen molar-refractivity contribution >= 4 is 21.8 Å². The first-order chi connectivity index (χ1) is 14.1. The number of nitrogens with zero attached hydrogens (tertiary/aromatic N) is 2. The molecule has 1 aliphatic heterocycles. The van der Waals surface area contributed by atoms with E-state index in [4.69, 9.17) is 19.5 Å². The second kappa shape index (κ2) is 10.3. The van der Waals surface area contributed by atoms with E-state index in [1.54, 1.807) is 18.2 Å². The molecule has 2 aromatic rings. The molecule has 0 bridgehead atoms. The van der Waals surface area contributed by atoms with Crippen LogP contribution < -0.4 is 9.47 Å². The number of nitriles is 1. The molecular weight excluding hydrogens is 436 g/mol. The van der Waals surface area contributed by atoms with Crippen molar-refractivity contribution in [2.75, 3.05) is 33.4 Å². The van der Waals surface area contributed by atoms with Crippen LogP contribution in [0.3, 0.4) is 0 Å². The van der Waals surface area contributed by atoms with Crippen LogP contribution in [0.2, 0.25) is 0 Å². The maximum Gasteiger partial charge on any atom is 0.222 e. The van der Waals surface area contributed by atoms with Crippen LogP contribution in [0.5, 0.6) is 11.5 Å². The first kappa shape index (κ1) is 21.2. The molecule has 7 heteroatoms. The van der Waals surface area contributed by atoms with Crippen molar-refractivity contribution in [3.05, 3.63) is 58.1 Å². The number of hydrogen-bond acceptors (Lipinski definition) is 5. The third-order valence-corrected chi connectivity index (χ3v) is 5.27. The van der Waals surface area contributed by atoms with Crippen LogP contribution in [0, 0.1) is 11.3 Å². The average molecular weight is 459 g/mol. The van der Waals surface area contributed by atoms with E-state index >= 15 is 0 Å². The largest absolute Gasteiger partial charge is 0.493 e. The topological polar surface area (TPSA) is 71.8 Å². The summed E-state index contributed by atoms with van der Waals surface area (Å²) in [5.41, 5.74) is 1.58. The standard InChI is InChI=1S/C22H23BrN2O4/c1-27-20-13-16(14-24)4-9-19(20)28-11-2-3-22(26)25-10-12-29-21(15-25)17-5-7-18(23)8-6-17/h4-9,13,21H,2-3,10-12,15H2,1H3. The fourth-order valence-electron chi connectivity index (χ4n) is 3.17. The molecule has 1 heterocycles. The van der Waals surface area contributed by atoms with Crippen molar-refractivity contribution in [1.82, 2.24) is 4.90 Å². The van der Waals surface area contributed by atoms with Gasteiger partial charge in [0, 0.05) is 23.5 Å². The lowest BCUT2D eigenvalue weighted by atomic mass is 10.1. The first-order valence-electron chi connectivity index (χ1n) is 9.46. The molecule has 0 saturated carbocycles. The summed E-state index contributed by atoms with van der Waals surface area (Å²) in [6.45, 7) is 2.10. The Labute approximate surface area is 179 Å². The summed E-state index contributed by atoms with van der Waals surface area (Å²) in [6.07, 6.45) is 0.911. The quantitative estimate of drug-likeness (QED) is 0.584. The van der Waals surface area contributed by atoms with Crippen molar-refractivity contribution in [2.45, 2.75) is 18.9 Å². The lowest BCUT2D eigenvalue weighted by Crippen LogP contribution is -2.42. The van der Waals surface area contributed by atoms with Gasteiger partial charge >= 0.3 is 0 Å². The Morgan fingerprint density at radius 2 is 2.07 bits per heavy atom. The Morgan fingerprint density at radius 3 is 2.79 bits per heavy atom. The molecule has 1 atom stereocenters. The molecule has 2 aromatic carbocycles. The van der Waals surface area contributed by atoms with E-state index in [1.165, 1.54) is 7.11 Å². The summed E-state index contributed by atoms with van der Waals surface area (Å²) in [6, 6.07) is 15.1. The molecule has 0 radical (unpaired) electrons. The van der Waals surface area contributed by atoms with Gasteiger partial charge < -0.3 is 19.1 Å². The second-order valence-electron chi connectivity index (χ2n) is 6.68. The zero-order chi connectivity index (χ0) is 20.6. The van der Waals surface area contributed by atoms with Gasteiger partial charge in [-0.25, -0.2) is 0 Å². The van der Waals surface area contributed by atoms with Gasteiger partial charge in [0.25, 0.3) is 0 Å². The van der Waals surface area contributed by atoms with E-state index in [-0.39, 0.29) is 12.0 Å². The summed E-state index contributed by atoms with van der Waals surface area (Å²) in [7, 11) is 1.53. The molecule has 1 unspecified atom stereocenters. The lowest BCUT2D eigenvalue weighted by molar-refractivity contribution is -0.139. The minimum Gasteiger partial charge on any atom is -0.493 e. The number of rotatable bonds is 7. The highest BCUT2D eigenvalue weighted by atomic mass is 79.9. The number of methoxy groups -OCH3 is 1. The van der Waals surface area contributed by atoms with Crippen LogP contribution in [0.4, 0.5) is 0 Å². The van der Waals surface area contributed by atoms with Crippen LogP contribution in [-0.4, -0.2) is 44.2 Å². The summed E-state index contributed by atoms with van der Waals surface area (Å²) < 4.78 is 17.8. The Morgan fingerprint density at radius 1 is 1.28 bits per heavy atom. The number of carbonyl (C=O) groups excluding carboxylic acids is 1. The van der Waals surface area contributed by atoms with Crippen LogP contribution >= 0.6 is 15.9 Å². The van der Waals surface area contributed by atoms with E-state index in [0.717, 1.165) is 10.0 Å². The van der Waals surface area contributed by atoms with E-state index in [9.17, 15) is 4.79 Å². The lowest BCUT2D eigenvalue weighted by Gasteiger charge is -2.33. The Hall–Kier alpha value is -2.56. The molecule has 6 nitrogen and oxygen atoms in total. The fourth-order valence-corrected chi connectivity index (χ4v) is 3.44. The maximum atomic E-state index is 12.6. The molecule has 0 aliphatic carbocycles. The van der Waals surface area contributed by atoms with Gasteiger partial charge in [-0.1, -0.05) is 28.1 Å². The summed E-state index contributed by atoms with van der Waals surface area (Å²) >= 11 is 3.43. The smallest absolute Gasteiger partial charge is 0.222 e. The Bertz CT molecular complexity index is 879. The molecule has 152 valence electrons. The summed E-state index contributed by atoms with van der Waals surface area (Å²) in [5, 5.41) is 8.95. The second-order valence-corrected chi connectivity index (χ2v) is 7.60. The van der Waals surface area contributed by atoms with Crippen molar-refractivity contribution in [1.29, 1.82) is 5.26 Å². The van der Waals surface area contributed by atoms with Crippen molar-refractivity contribution in [3.63, 3.8) is 0 Å². The zero-order valence-electron chi connectivity index (χ0n) is 16.3. The van der Waals surface area contributed by atoms with Gasteiger partial charge in [0.1, 0.15) is 6.10 Å². The zero-order valence-corrected chi connectivity index (χ0v) is 17.9. The number of benzene rings is 2. The average Bonchev–Trinajstić information content (AvgIpc) is 2.77. The van der Waals surface area contributed by atoms with Crippen LogP contribution in [0.1, 0.15) is 30.1 Å². The molecule has 0 N–H and O–H groups in total. The fraction of sp³-hybridized carbons (Fsp3) is 0.364. The molecule has 3 rings (SSSR count). The highest BCUT2D eigenvalue weighted by Gasteiger charge is 2.25. The predicted octanol–water partition coefficient (Wildman–Crippen LogP) is 4.09. The molecule has 29 heavy (non-hydrogen) atoms. The Balaban J connectivity index is 1.47. The number of hydrogen-bond donors (Lipinski definition) is 0. The normalized spacial score (nSPS) is 16.2. The van der Waals surface area contributed by atoms with E-state index < -0.39 is 0 Å². The van der Waals surface area contributed by atoms with E-state index in [1.807, 2.05) is 29.2 Å². The molecular formula is C22H23BrN2O4. The van der Waals surface area contributed by atoms with Gasteiger partial charge in [0.15, 0.2) is 11.5 Å². The third kappa shape index (κ3) is 5.72. The number of carbonyl (C=O) groups is 1. The SMILES string of the molecule is COc1cc(C#N)ccc1OCCCC(=O)N1CCOC(c2ccc(Br)cc2)C1. The highest BCUT2D eigenvalue weighted by Crippen LogP contribution is 2.28. The summed E-state index contributed by atoms with van der Waals surface area (Å²) in [4.78, 5) is 14.5. The first-order valence-corrected chi connectivity index (χ1v) is 10.3. The molecule has 1 saturated heterocycles. The van der Waals surface area contributed by atoms with Crippen LogP contribution in [-0.2, 0) is 9.53 Å². The van der Waals surface area contributed by atoms with Gasteiger partial charge in [-0.3, -0.25) is 4.79 Å². The molecule has 1 amide bonds. The van der Waals surface area contributed by atoms with E-state index in [0.29, 0.717) is 56.2 Å². The Kier molecular flexibility index (Phi) is 7.50. The number of ether oxygens (including phenoxy) is 3. The number of amides is 1. The van der Waals surface area contributed by atoms with Crippen LogP contribution in [0.15, 0.2) is 46.9 Å². The van der Waals surface area contributed by atoms with Gasteiger partial charge in [-0.2, -0.15) is 5.26 Å². The summed E-state index contributed by atoms with van der Waals surface area (Å²) in [5.74, 6) is 1.19. The van der Waals surface area contributed by atoms with Gasteiger partial charge in [-0.05, 0) is 36.2 Å². The molecule has 0 aromatic heterocycles. The minimum atomic E-state index is -0.0973. The monoisotopic (exact) mass is 458 g/mol. The van der Waals surface area contributed by atoms with Crippen molar-refractivity contribution in [3.8, 4) is 17.6 Å². The van der Waals surface area contributed by atoms with Gasteiger partial charge in [-0.15, -0.1) is 0 Å². The molecule has 0 spiro atoms. The predicted molar refractivity (Wildman–Crippen MR) is 112 cm³/mol. The molecule has 1 fully saturated rings. The number of halogens is 1. The van der Waals surface area contributed by atoms with Crippen molar-refractivity contribution in [2.24, 2.45) is 0 Å². The van der Waals surface area contributed by atoms with Gasteiger partial charge in [0.05, 0.1) is 38.5 Å². The van der Waals surface area contributed by atoms with E-state index in [2.05, 4.69) is 22.0 Å². The van der Waals surface area contributed by atoms with Crippen LogP contribution in [0.25, 0.3) is 0 Å². The van der Waals surface area contributed by atoms with Gasteiger partial charge in [0.2, 0.25) is 5.91 Å².